The molecule has 0 atom stereocenters. The van der Waals surface area contributed by atoms with Crippen LogP contribution in [-0.4, -0.2) is 76.5 Å². The van der Waals surface area contributed by atoms with Gasteiger partial charge in [0.15, 0.2) is 17.4 Å². The number of amides is 1. The van der Waals surface area contributed by atoms with Crippen LogP contribution >= 0.6 is 0 Å². The van der Waals surface area contributed by atoms with Gasteiger partial charge in [0.25, 0.3) is 0 Å². The van der Waals surface area contributed by atoms with Gasteiger partial charge in [0, 0.05) is 37.9 Å². The van der Waals surface area contributed by atoms with Gasteiger partial charge in [-0.25, -0.2) is 14.6 Å². The number of furan rings is 1. The van der Waals surface area contributed by atoms with Crippen molar-refractivity contribution in [3.05, 3.63) is 41.4 Å². The first-order valence-electron chi connectivity index (χ1n) is 10.8. The summed E-state index contributed by atoms with van der Waals surface area (Å²) in [5.41, 5.74) is 1.82. The van der Waals surface area contributed by atoms with Crippen molar-refractivity contribution in [1.29, 1.82) is 0 Å². The summed E-state index contributed by atoms with van der Waals surface area (Å²) in [5.74, 6) is 2.46. The SMILES string of the molecule is Cc1cc(C)n(-c2cc(NC(=O)CNCCN3CCOCC3)nc(-c3ccc(C)o3)n2)n1. The standard InChI is InChI=1S/C22H29N7O3/c1-15-12-16(2)29(27-15)20-13-19(25-22(26-20)18-5-4-17(3)32-18)24-21(30)14-23-6-7-28-8-10-31-11-9-28/h4-5,12-13,23H,6-11,14H2,1-3H3,(H,24,25,26,30). The first kappa shape index (κ1) is 22.1. The number of hydrogen-bond acceptors (Lipinski definition) is 8. The van der Waals surface area contributed by atoms with Gasteiger partial charge >= 0.3 is 0 Å². The van der Waals surface area contributed by atoms with Crippen molar-refractivity contribution in [1.82, 2.24) is 30.0 Å². The molecule has 3 aromatic rings. The molecule has 4 rings (SSSR count). The Kier molecular flexibility index (Phi) is 6.93. The van der Waals surface area contributed by atoms with Crippen molar-refractivity contribution in [3.8, 4) is 17.4 Å². The zero-order chi connectivity index (χ0) is 22.5. The number of anilines is 1. The van der Waals surface area contributed by atoms with E-state index in [0.717, 1.165) is 56.5 Å². The number of aromatic nitrogens is 4. The van der Waals surface area contributed by atoms with E-state index in [1.54, 1.807) is 10.7 Å². The molecule has 4 heterocycles. The van der Waals surface area contributed by atoms with Crippen LogP contribution in [0.25, 0.3) is 17.4 Å². The molecule has 0 spiro atoms. The van der Waals surface area contributed by atoms with Crippen LogP contribution in [0.1, 0.15) is 17.1 Å². The van der Waals surface area contributed by atoms with E-state index in [9.17, 15) is 4.79 Å². The van der Waals surface area contributed by atoms with E-state index >= 15 is 0 Å². The lowest BCUT2D eigenvalue weighted by molar-refractivity contribution is -0.115. The predicted molar refractivity (Wildman–Crippen MR) is 120 cm³/mol. The fraction of sp³-hybridized carbons (Fsp3) is 0.455. The molecule has 0 saturated carbocycles. The summed E-state index contributed by atoms with van der Waals surface area (Å²) in [6.07, 6.45) is 0. The monoisotopic (exact) mass is 439 g/mol. The quantitative estimate of drug-likeness (QED) is 0.511. The predicted octanol–water partition coefficient (Wildman–Crippen LogP) is 1.71. The van der Waals surface area contributed by atoms with Crippen LogP contribution in [-0.2, 0) is 9.53 Å². The maximum atomic E-state index is 12.5. The minimum atomic E-state index is -0.174. The third-order valence-corrected chi connectivity index (χ3v) is 5.16. The molecular formula is C22H29N7O3. The van der Waals surface area contributed by atoms with Gasteiger partial charge in [-0.3, -0.25) is 9.69 Å². The van der Waals surface area contributed by atoms with Gasteiger partial charge in [-0.05, 0) is 39.0 Å². The molecule has 10 nitrogen and oxygen atoms in total. The molecule has 170 valence electrons. The molecule has 32 heavy (non-hydrogen) atoms. The Morgan fingerprint density at radius 1 is 1.12 bits per heavy atom. The highest BCUT2D eigenvalue weighted by Gasteiger charge is 2.15. The highest BCUT2D eigenvalue weighted by molar-refractivity contribution is 5.91. The second-order valence-corrected chi connectivity index (χ2v) is 7.86. The van der Waals surface area contributed by atoms with Gasteiger partial charge in [0.1, 0.15) is 11.6 Å². The van der Waals surface area contributed by atoms with Gasteiger partial charge in [-0.1, -0.05) is 0 Å². The van der Waals surface area contributed by atoms with E-state index in [4.69, 9.17) is 9.15 Å². The van der Waals surface area contributed by atoms with Crippen molar-refractivity contribution >= 4 is 11.7 Å². The van der Waals surface area contributed by atoms with Crippen molar-refractivity contribution < 1.29 is 13.9 Å². The Morgan fingerprint density at radius 2 is 1.94 bits per heavy atom. The van der Waals surface area contributed by atoms with Crippen LogP contribution in [0.15, 0.2) is 28.7 Å². The second kappa shape index (κ2) is 10.0. The van der Waals surface area contributed by atoms with Crippen molar-refractivity contribution in [2.24, 2.45) is 0 Å². The van der Waals surface area contributed by atoms with E-state index in [0.29, 0.717) is 23.2 Å². The number of hydrogen-bond donors (Lipinski definition) is 2. The molecule has 0 bridgehead atoms. The van der Waals surface area contributed by atoms with Gasteiger partial charge in [0.05, 0.1) is 25.5 Å². The van der Waals surface area contributed by atoms with Crippen LogP contribution in [0.3, 0.4) is 0 Å². The van der Waals surface area contributed by atoms with E-state index in [1.165, 1.54) is 0 Å². The second-order valence-electron chi connectivity index (χ2n) is 7.86. The molecule has 10 heteroatoms. The average Bonchev–Trinajstić information content (AvgIpc) is 3.36. The summed E-state index contributed by atoms with van der Waals surface area (Å²) in [6, 6.07) is 7.35. The summed E-state index contributed by atoms with van der Waals surface area (Å²) in [7, 11) is 0. The zero-order valence-corrected chi connectivity index (χ0v) is 18.7. The third-order valence-electron chi connectivity index (χ3n) is 5.16. The molecule has 0 unspecified atom stereocenters. The number of carbonyl (C=O) groups excluding carboxylic acids is 1. The van der Waals surface area contributed by atoms with E-state index < -0.39 is 0 Å². The summed E-state index contributed by atoms with van der Waals surface area (Å²) in [4.78, 5) is 23.9. The van der Waals surface area contributed by atoms with Gasteiger partial charge in [0.2, 0.25) is 5.91 Å². The number of nitrogens with zero attached hydrogens (tertiary/aromatic N) is 5. The molecule has 1 fully saturated rings. The van der Waals surface area contributed by atoms with Crippen molar-refractivity contribution in [3.63, 3.8) is 0 Å². The topological polar surface area (TPSA) is 110 Å². The van der Waals surface area contributed by atoms with Crippen LogP contribution in [0.2, 0.25) is 0 Å². The van der Waals surface area contributed by atoms with Gasteiger partial charge in [-0.2, -0.15) is 5.10 Å². The molecule has 2 N–H and O–H groups in total. The molecule has 0 aromatic carbocycles. The maximum absolute atomic E-state index is 12.5. The first-order chi connectivity index (χ1) is 15.5. The first-order valence-corrected chi connectivity index (χ1v) is 10.8. The van der Waals surface area contributed by atoms with Crippen LogP contribution in [0, 0.1) is 20.8 Å². The van der Waals surface area contributed by atoms with E-state index in [-0.39, 0.29) is 12.5 Å². The smallest absolute Gasteiger partial charge is 0.239 e. The third kappa shape index (κ3) is 5.58. The number of nitrogens with one attached hydrogen (secondary N) is 2. The Morgan fingerprint density at radius 3 is 2.62 bits per heavy atom. The average molecular weight is 440 g/mol. The number of rotatable bonds is 8. The maximum Gasteiger partial charge on any atom is 0.239 e. The fourth-order valence-corrected chi connectivity index (χ4v) is 3.58. The molecule has 0 radical (unpaired) electrons. The molecule has 0 aliphatic carbocycles. The zero-order valence-electron chi connectivity index (χ0n) is 18.7. The summed E-state index contributed by atoms with van der Waals surface area (Å²) < 4.78 is 12.8. The lowest BCUT2D eigenvalue weighted by atomic mass is 10.3. The number of ether oxygens (including phenoxy) is 1. The Bertz CT molecular complexity index is 1070. The van der Waals surface area contributed by atoms with Crippen LogP contribution in [0.4, 0.5) is 5.82 Å². The van der Waals surface area contributed by atoms with Crippen LogP contribution in [0.5, 0.6) is 0 Å². The fourth-order valence-electron chi connectivity index (χ4n) is 3.58. The van der Waals surface area contributed by atoms with E-state index in [1.807, 2.05) is 39.0 Å². The minimum absolute atomic E-state index is 0.174. The van der Waals surface area contributed by atoms with Gasteiger partial charge < -0.3 is 19.8 Å². The largest absolute Gasteiger partial charge is 0.458 e. The summed E-state index contributed by atoms with van der Waals surface area (Å²) >= 11 is 0. The summed E-state index contributed by atoms with van der Waals surface area (Å²) in [6.45, 7) is 10.9. The molecular weight excluding hydrogens is 410 g/mol. The minimum Gasteiger partial charge on any atom is -0.458 e. The molecule has 1 aliphatic rings. The van der Waals surface area contributed by atoms with E-state index in [2.05, 4.69) is 30.6 Å². The molecule has 1 aliphatic heterocycles. The van der Waals surface area contributed by atoms with Gasteiger partial charge in [-0.15, -0.1) is 0 Å². The van der Waals surface area contributed by atoms with Crippen molar-refractivity contribution in [2.75, 3.05) is 51.3 Å². The number of morpholine rings is 1. The molecule has 1 amide bonds. The highest BCUT2D eigenvalue weighted by atomic mass is 16.5. The molecule has 3 aromatic heterocycles. The summed E-state index contributed by atoms with van der Waals surface area (Å²) in [5, 5.41) is 10.6. The highest BCUT2D eigenvalue weighted by Crippen LogP contribution is 2.22. The lowest BCUT2D eigenvalue weighted by Gasteiger charge is -2.26. The lowest BCUT2D eigenvalue weighted by Crippen LogP contribution is -2.41. The van der Waals surface area contributed by atoms with Crippen molar-refractivity contribution in [2.45, 2.75) is 20.8 Å². The normalized spacial score (nSPS) is 14.6. The number of aryl methyl sites for hydroxylation is 3. The Labute approximate surface area is 187 Å². The Balaban J connectivity index is 1.45. The molecule has 1 saturated heterocycles. The number of carbonyl (C=O) groups is 1. The Hall–Kier alpha value is -3.08. The van der Waals surface area contributed by atoms with Crippen LogP contribution < -0.4 is 10.6 Å².